The van der Waals surface area contributed by atoms with Crippen LogP contribution in [0.5, 0.6) is 0 Å². The molecule has 0 N–H and O–H groups in total. The maximum Gasteiger partial charge on any atom is 0.153 e. The SMILES string of the molecule is CC(C)c1cnc(CC(=O)C2(C(=O)Cc3ccc(F)cc3)CC2)nc1. The van der Waals surface area contributed by atoms with Crippen molar-refractivity contribution in [1.29, 1.82) is 0 Å². The smallest absolute Gasteiger partial charge is 0.153 e. The Kier molecular flexibility index (Phi) is 4.75. The lowest BCUT2D eigenvalue weighted by atomic mass is 9.89. The second kappa shape index (κ2) is 6.82. The number of aromatic nitrogens is 2. The van der Waals surface area contributed by atoms with Crippen molar-refractivity contribution >= 4 is 11.6 Å². The number of ketones is 2. The Labute approximate surface area is 146 Å². The molecule has 3 rings (SSSR count). The first-order valence-electron chi connectivity index (χ1n) is 8.52. The topological polar surface area (TPSA) is 59.9 Å². The third kappa shape index (κ3) is 3.81. The molecule has 1 aliphatic rings. The average Bonchev–Trinajstić information content (AvgIpc) is 3.39. The van der Waals surface area contributed by atoms with E-state index in [0.717, 1.165) is 11.1 Å². The number of carbonyl (C=O) groups is 2. The summed E-state index contributed by atoms with van der Waals surface area (Å²) in [7, 11) is 0. The first-order chi connectivity index (χ1) is 11.9. The number of Topliss-reactive ketones (excluding diaryl/α,β-unsaturated/α-hetero) is 2. The molecule has 1 aliphatic carbocycles. The van der Waals surface area contributed by atoms with Gasteiger partial charge < -0.3 is 0 Å². The van der Waals surface area contributed by atoms with Crippen LogP contribution in [-0.4, -0.2) is 21.5 Å². The third-order valence-electron chi connectivity index (χ3n) is 4.81. The number of carbonyl (C=O) groups excluding carboxylic acids is 2. The van der Waals surface area contributed by atoms with E-state index in [0.29, 0.717) is 24.6 Å². The standard InChI is InChI=1S/C20H21FN2O2/c1-13(2)15-11-22-19(23-12-15)10-18(25)20(7-8-20)17(24)9-14-3-5-16(21)6-4-14/h3-6,11-13H,7-10H2,1-2H3. The second-order valence-electron chi connectivity index (χ2n) is 7.00. The van der Waals surface area contributed by atoms with E-state index in [2.05, 4.69) is 23.8 Å². The van der Waals surface area contributed by atoms with Crippen molar-refractivity contribution in [3.05, 3.63) is 59.4 Å². The van der Waals surface area contributed by atoms with Crippen LogP contribution < -0.4 is 0 Å². The summed E-state index contributed by atoms with van der Waals surface area (Å²) < 4.78 is 13.0. The molecular formula is C20H21FN2O2. The summed E-state index contributed by atoms with van der Waals surface area (Å²) in [6.07, 6.45) is 4.86. The fraction of sp³-hybridized carbons (Fsp3) is 0.400. The quantitative estimate of drug-likeness (QED) is 0.725. The fourth-order valence-corrected chi connectivity index (χ4v) is 2.86. The van der Waals surface area contributed by atoms with Crippen molar-refractivity contribution in [2.24, 2.45) is 5.41 Å². The lowest BCUT2D eigenvalue weighted by Gasteiger charge is -2.13. The van der Waals surface area contributed by atoms with Crippen molar-refractivity contribution < 1.29 is 14.0 Å². The van der Waals surface area contributed by atoms with Crippen LogP contribution in [0, 0.1) is 11.2 Å². The number of hydrogen-bond donors (Lipinski definition) is 0. The van der Waals surface area contributed by atoms with Crippen LogP contribution in [0.4, 0.5) is 4.39 Å². The molecule has 0 aliphatic heterocycles. The van der Waals surface area contributed by atoms with Gasteiger partial charge in [-0.25, -0.2) is 14.4 Å². The van der Waals surface area contributed by atoms with E-state index in [4.69, 9.17) is 0 Å². The minimum atomic E-state index is -0.894. The molecule has 1 heterocycles. The molecule has 130 valence electrons. The second-order valence-corrected chi connectivity index (χ2v) is 7.00. The van der Waals surface area contributed by atoms with Crippen LogP contribution in [-0.2, 0) is 22.4 Å². The van der Waals surface area contributed by atoms with Gasteiger partial charge in [-0.3, -0.25) is 9.59 Å². The molecule has 0 radical (unpaired) electrons. The van der Waals surface area contributed by atoms with E-state index >= 15 is 0 Å². The molecule has 1 saturated carbocycles. The maximum absolute atomic E-state index is 13.0. The molecule has 25 heavy (non-hydrogen) atoms. The number of rotatable bonds is 7. The highest BCUT2D eigenvalue weighted by Gasteiger charge is 2.54. The average molecular weight is 340 g/mol. The first-order valence-corrected chi connectivity index (χ1v) is 8.52. The van der Waals surface area contributed by atoms with Crippen molar-refractivity contribution in [2.45, 2.75) is 45.4 Å². The number of benzene rings is 1. The Balaban J connectivity index is 1.66. The van der Waals surface area contributed by atoms with Gasteiger partial charge in [0.05, 0.1) is 11.8 Å². The summed E-state index contributed by atoms with van der Waals surface area (Å²) in [6.45, 7) is 4.10. The van der Waals surface area contributed by atoms with Gasteiger partial charge in [-0.2, -0.15) is 0 Å². The van der Waals surface area contributed by atoms with E-state index in [1.54, 1.807) is 24.5 Å². The molecule has 5 heteroatoms. The van der Waals surface area contributed by atoms with Crippen LogP contribution in [0.1, 0.15) is 49.6 Å². The van der Waals surface area contributed by atoms with E-state index in [-0.39, 0.29) is 30.2 Å². The fourth-order valence-electron chi connectivity index (χ4n) is 2.86. The van der Waals surface area contributed by atoms with Crippen molar-refractivity contribution in [2.75, 3.05) is 0 Å². The molecule has 2 aromatic rings. The Morgan fingerprint density at radius 2 is 1.60 bits per heavy atom. The number of hydrogen-bond acceptors (Lipinski definition) is 4. The summed E-state index contributed by atoms with van der Waals surface area (Å²) in [5, 5.41) is 0. The van der Waals surface area contributed by atoms with E-state index in [1.165, 1.54) is 12.1 Å². The zero-order chi connectivity index (χ0) is 18.0. The largest absolute Gasteiger partial charge is 0.298 e. The van der Waals surface area contributed by atoms with Gasteiger partial charge >= 0.3 is 0 Å². The molecule has 0 atom stereocenters. The minimum Gasteiger partial charge on any atom is -0.298 e. The predicted octanol–water partition coefficient (Wildman–Crippen LogP) is 3.44. The van der Waals surface area contributed by atoms with Crippen molar-refractivity contribution in [3.8, 4) is 0 Å². The molecule has 1 aromatic carbocycles. The zero-order valence-corrected chi connectivity index (χ0v) is 14.5. The Morgan fingerprint density at radius 3 is 2.12 bits per heavy atom. The monoisotopic (exact) mass is 340 g/mol. The molecule has 0 saturated heterocycles. The lowest BCUT2D eigenvalue weighted by Crippen LogP contribution is -2.29. The summed E-state index contributed by atoms with van der Waals surface area (Å²) in [5.41, 5.74) is 0.849. The van der Waals surface area contributed by atoms with Gasteiger partial charge in [-0.05, 0) is 42.0 Å². The molecule has 4 nitrogen and oxygen atoms in total. The molecule has 0 spiro atoms. The number of halogens is 1. The van der Waals surface area contributed by atoms with E-state index in [9.17, 15) is 14.0 Å². The molecular weight excluding hydrogens is 319 g/mol. The zero-order valence-electron chi connectivity index (χ0n) is 14.5. The molecule has 0 amide bonds. The minimum absolute atomic E-state index is 0.0769. The van der Waals surface area contributed by atoms with Crippen molar-refractivity contribution in [1.82, 2.24) is 9.97 Å². The third-order valence-corrected chi connectivity index (χ3v) is 4.81. The van der Waals surface area contributed by atoms with Crippen LogP contribution in [0.2, 0.25) is 0 Å². The van der Waals surface area contributed by atoms with Gasteiger partial charge in [0, 0.05) is 18.8 Å². The summed E-state index contributed by atoms with van der Waals surface area (Å²) in [4.78, 5) is 33.7. The highest BCUT2D eigenvalue weighted by atomic mass is 19.1. The summed E-state index contributed by atoms with van der Waals surface area (Å²) in [5.74, 6) is 0.238. The maximum atomic E-state index is 13.0. The van der Waals surface area contributed by atoms with Crippen LogP contribution in [0.3, 0.4) is 0 Å². The summed E-state index contributed by atoms with van der Waals surface area (Å²) >= 11 is 0. The normalized spacial score (nSPS) is 15.2. The van der Waals surface area contributed by atoms with Gasteiger partial charge in [-0.15, -0.1) is 0 Å². The van der Waals surface area contributed by atoms with Gasteiger partial charge in [0.25, 0.3) is 0 Å². The van der Waals surface area contributed by atoms with Crippen LogP contribution in [0.25, 0.3) is 0 Å². The molecule has 1 fully saturated rings. The molecule has 0 unspecified atom stereocenters. The first kappa shape index (κ1) is 17.4. The predicted molar refractivity (Wildman–Crippen MR) is 91.6 cm³/mol. The van der Waals surface area contributed by atoms with Crippen molar-refractivity contribution in [3.63, 3.8) is 0 Å². The Hall–Kier alpha value is -2.43. The van der Waals surface area contributed by atoms with Gasteiger partial charge in [0.1, 0.15) is 11.6 Å². The summed E-state index contributed by atoms with van der Waals surface area (Å²) in [6, 6.07) is 5.82. The van der Waals surface area contributed by atoms with Gasteiger partial charge in [0.15, 0.2) is 11.6 Å². The lowest BCUT2D eigenvalue weighted by molar-refractivity contribution is -0.133. The molecule has 1 aromatic heterocycles. The van der Waals surface area contributed by atoms with E-state index in [1.807, 2.05) is 0 Å². The van der Waals surface area contributed by atoms with Crippen LogP contribution in [0.15, 0.2) is 36.7 Å². The van der Waals surface area contributed by atoms with E-state index < -0.39 is 5.41 Å². The van der Waals surface area contributed by atoms with Crippen LogP contribution >= 0.6 is 0 Å². The highest BCUT2D eigenvalue weighted by molar-refractivity contribution is 6.10. The number of nitrogens with zero attached hydrogens (tertiary/aromatic N) is 2. The molecule has 0 bridgehead atoms. The Morgan fingerprint density at radius 1 is 1.04 bits per heavy atom. The van der Waals surface area contributed by atoms with Gasteiger partial charge in [-0.1, -0.05) is 26.0 Å². The Bertz CT molecular complexity index is 778. The highest BCUT2D eigenvalue weighted by Crippen LogP contribution is 2.48. The van der Waals surface area contributed by atoms with Gasteiger partial charge in [0.2, 0.25) is 0 Å².